The van der Waals surface area contributed by atoms with Crippen LogP contribution in [0.25, 0.3) is 0 Å². The van der Waals surface area contributed by atoms with E-state index in [0.29, 0.717) is 0 Å². The Labute approximate surface area is 55.1 Å². The van der Waals surface area contributed by atoms with Crippen LogP contribution < -0.4 is 5.32 Å². The van der Waals surface area contributed by atoms with Gasteiger partial charge in [0.2, 0.25) is 5.91 Å². The average Bonchev–Trinajstić information content (AvgIpc) is 1.69. The maximum absolute atomic E-state index is 10.4. The van der Waals surface area contributed by atoms with Gasteiger partial charge in [0.05, 0.1) is 0 Å². The Hall–Kier alpha value is -0.240. The molecule has 1 rings (SSSR count). The fourth-order valence-corrected chi connectivity index (χ4v) is 0.727. The van der Waals surface area contributed by atoms with Gasteiger partial charge in [0.15, 0.2) is 0 Å². The first kappa shape index (κ1) is 7.76. The second kappa shape index (κ2) is 3.72. The smallest absolute Gasteiger partial charge is 0.219 e. The van der Waals surface area contributed by atoms with Crippen LogP contribution in [0.15, 0.2) is 0 Å². The first-order chi connectivity index (χ1) is 3.39. The number of nitrogens with one attached hydrogen (secondary N) is 1. The molecule has 0 aliphatic carbocycles. The van der Waals surface area contributed by atoms with Crippen LogP contribution in [-0.2, 0) is 4.79 Å². The number of carbonyl (C=O) groups is 1. The largest absolute Gasteiger partial charge is 0.356 e. The van der Waals surface area contributed by atoms with E-state index in [1.807, 2.05) is 0 Å². The normalized spacial score (nSPS) is 18.8. The highest BCUT2D eigenvalue weighted by Crippen LogP contribution is 1.98. The van der Waals surface area contributed by atoms with Gasteiger partial charge in [-0.15, -0.1) is 12.4 Å². The van der Waals surface area contributed by atoms with Crippen molar-refractivity contribution < 1.29 is 4.79 Å². The van der Waals surface area contributed by atoms with Gasteiger partial charge in [0.1, 0.15) is 0 Å². The number of hydrogen-bond donors (Lipinski definition) is 1. The lowest BCUT2D eigenvalue weighted by molar-refractivity contribution is -0.122. The summed E-state index contributed by atoms with van der Waals surface area (Å²) in [6.45, 7) is 0.888. The summed E-state index contributed by atoms with van der Waals surface area (Å²) in [4.78, 5) is 10.4. The van der Waals surface area contributed by atoms with Crippen molar-refractivity contribution in [3.8, 4) is 0 Å². The molecule has 0 unspecified atom stereocenters. The predicted octanol–water partition coefficient (Wildman–Crippen LogP) is 0.708. The molecule has 0 saturated carbocycles. The van der Waals surface area contributed by atoms with Gasteiger partial charge in [-0.05, 0) is 12.8 Å². The van der Waals surface area contributed by atoms with Crippen molar-refractivity contribution in [2.75, 3.05) is 6.54 Å². The Morgan fingerprint density at radius 3 is 2.38 bits per heavy atom. The third kappa shape index (κ3) is 2.17. The Morgan fingerprint density at radius 1 is 1.38 bits per heavy atom. The third-order valence-corrected chi connectivity index (χ3v) is 1.15. The van der Waals surface area contributed by atoms with Crippen LogP contribution in [0.1, 0.15) is 19.3 Å². The first-order valence-electron chi connectivity index (χ1n) is 2.66. The van der Waals surface area contributed by atoms with Crippen molar-refractivity contribution in [2.24, 2.45) is 0 Å². The molecule has 0 atom stereocenters. The van der Waals surface area contributed by atoms with Gasteiger partial charge in [-0.3, -0.25) is 4.79 Å². The zero-order valence-electron chi connectivity index (χ0n) is 4.64. The molecule has 1 amide bonds. The van der Waals surface area contributed by atoms with Gasteiger partial charge in [-0.1, -0.05) is 0 Å². The molecule has 0 spiro atoms. The van der Waals surface area contributed by atoms with E-state index < -0.39 is 0 Å². The number of rotatable bonds is 0. The van der Waals surface area contributed by atoms with Crippen molar-refractivity contribution in [1.29, 1.82) is 0 Å². The molecule has 1 fully saturated rings. The van der Waals surface area contributed by atoms with Crippen molar-refractivity contribution in [2.45, 2.75) is 19.3 Å². The van der Waals surface area contributed by atoms with Gasteiger partial charge in [-0.2, -0.15) is 0 Å². The zero-order chi connectivity index (χ0) is 5.11. The van der Waals surface area contributed by atoms with Gasteiger partial charge in [0, 0.05) is 13.0 Å². The lowest BCUT2D eigenvalue weighted by atomic mass is 10.2. The summed E-state index contributed by atoms with van der Waals surface area (Å²) in [6.07, 6.45) is 2.97. The molecular weight excluding hydrogens is 126 g/mol. The van der Waals surface area contributed by atoms with E-state index in [4.69, 9.17) is 0 Å². The molecule has 0 radical (unpaired) electrons. The summed E-state index contributed by atoms with van der Waals surface area (Å²) in [5, 5.41) is 2.74. The summed E-state index contributed by atoms with van der Waals surface area (Å²) in [7, 11) is 0. The molecule has 0 bridgehead atoms. The molecular formula is C5H10ClNO. The Balaban J connectivity index is 0.000000490. The van der Waals surface area contributed by atoms with E-state index in [2.05, 4.69) is 5.32 Å². The van der Waals surface area contributed by atoms with Crippen LogP contribution in [0, 0.1) is 0 Å². The second-order valence-electron chi connectivity index (χ2n) is 1.81. The molecule has 1 N–H and O–H groups in total. The number of amides is 1. The summed E-state index contributed by atoms with van der Waals surface area (Å²) >= 11 is 0. The summed E-state index contributed by atoms with van der Waals surface area (Å²) in [5.74, 6) is 0.214. The number of hydrogen-bond acceptors (Lipinski definition) is 1. The molecule has 1 heterocycles. The fraction of sp³-hybridized carbons (Fsp3) is 0.800. The monoisotopic (exact) mass is 135 g/mol. The van der Waals surface area contributed by atoms with Gasteiger partial charge >= 0.3 is 0 Å². The topological polar surface area (TPSA) is 29.1 Å². The van der Waals surface area contributed by atoms with Crippen LogP contribution >= 0.6 is 12.4 Å². The fourth-order valence-electron chi connectivity index (χ4n) is 0.727. The molecule has 0 aromatic heterocycles. The molecule has 0 aromatic rings. The van der Waals surface area contributed by atoms with Gasteiger partial charge in [-0.25, -0.2) is 0 Å². The minimum atomic E-state index is 0. The summed E-state index contributed by atoms with van der Waals surface area (Å²) in [5.41, 5.74) is 0. The maximum atomic E-state index is 10.4. The van der Waals surface area contributed by atoms with Gasteiger partial charge in [0.25, 0.3) is 0 Å². The van der Waals surface area contributed by atoms with Crippen molar-refractivity contribution >= 4 is 18.3 Å². The predicted molar refractivity (Wildman–Crippen MR) is 34.1 cm³/mol. The lowest BCUT2D eigenvalue weighted by Crippen LogP contribution is -2.28. The molecule has 1 saturated heterocycles. The number of piperidine rings is 1. The molecule has 3 heteroatoms. The highest BCUT2D eigenvalue weighted by Gasteiger charge is 2.04. The van der Waals surface area contributed by atoms with Crippen molar-refractivity contribution in [1.82, 2.24) is 5.32 Å². The van der Waals surface area contributed by atoms with Crippen molar-refractivity contribution in [3.05, 3.63) is 0 Å². The molecule has 1 aliphatic rings. The first-order valence-corrected chi connectivity index (χ1v) is 2.66. The van der Waals surface area contributed by atoms with Crippen LogP contribution in [0.2, 0.25) is 0 Å². The van der Waals surface area contributed by atoms with E-state index in [1.165, 1.54) is 0 Å². The number of carbonyl (C=O) groups excluding carboxylic acids is 1. The second-order valence-corrected chi connectivity index (χ2v) is 1.81. The number of halogens is 1. The van der Waals surface area contributed by atoms with Crippen LogP contribution in [-0.4, -0.2) is 12.5 Å². The van der Waals surface area contributed by atoms with E-state index in [1.54, 1.807) is 0 Å². The Kier molecular flexibility index (Phi) is 3.61. The van der Waals surface area contributed by atoms with E-state index in [9.17, 15) is 4.79 Å². The maximum Gasteiger partial charge on any atom is 0.219 e. The van der Waals surface area contributed by atoms with Gasteiger partial charge < -0.3 is 5.32 Å². The van der Waals surface area contributed by atoms with Crippen LogP contribution in [0.4, 0.5) is 0 Å². The summed E-state index contributed by atoms with van der Waals surface area (Å²) in [6, 6.07) is 0. The Morgan fingerprint density at radius 2 is 2.12 bits per heavy atom. The molecule has 0 aromatic carbocycles. The quantitative estimate of drug-likeness (QED) is 0.521. The molecule has 48 valence electrons. The lowest BCUT2D eigenvalue weighted by Gasteiger charge is -2.08. The van der Waals surface area contributed by atoms with E-state index in [0.717, 1.165) is 25.8 Å². The minimum absolute atomic E-state index is 0. The highest BCUT2D eigenvalue weighted by molar-refractivity contribution is 5.85. The summed E-state index contributed by atoms with van der Waals surface area (Å²) < 4.78 is 0. The Bertz CT molecular complexity index is 76.5. The standard InChI is InChI=1S/C5H9NO.ClH/c7-5-3-1-2-4-6-5;/h1-4H2,(H,6,7);1H. The molecule has 2 nitrogen and oxygen atoms in total. The molecule has 1 aliphatic heterocycles. The zero-order valence-corrected chi connectivity index (χ0v) is 5.46. The van der Waals surface area contributed by atoms with Crippen molar-refractivity contribution in [3.63, 3.8) is 0 Å². The van der Waals surface area contributed by atoms with Crippen LogP contribution in [0.5, 0.6) is 0 Å². The highest BCUT2D eigenvalue weighted by atomic mass is 35.5. The van der Waals surface area contributed by atoms with E-state index in [-0.39, 0.29) is 18.3 Å². The van der Waals surface area contributed by atoms with Crippen LogP contribution in [0.3, 0.4) is 0 Å². The third-order valence-electron chi connectivity index (χ3n) is 1.15. The SMILES string of the molecule is Cl.O=C1CCCCN1. The van der Waals surface area contributed by atoms with E-state index >= 15 is 0 Å². The minimum Gasteiger partial charge on any atom is -0.356 e. The average molecular weight is 136 g/mol. The molecule has 8 heavy (non-hydrogen) atoms.